The van der Waals surface area contributed by atoms with Gasteiger partial charge in [-0.3, -0.25) is 5.84 Å². The molecule has 0 spiro atoms. The Kier molecular flexibility index (Phi) is 3.48. The van der Waals surface area contributed by atoms with E-state index < -0.39 is 0 Å². The lowest BCUT2D eigenvalue weighted by Crippen LogP contribution is -2.18. The van der Waals surface area contributed by atoms with Crippen LogP contribution < -0.4 is 11.3 Å². The third-order valence-corrected chi connectivity index (χ3v) is 0.754. The van der Waals surface area contributed by atoms with Crippen LogP contribution in [0.2, 0.25) is 0 Å². The molecule has 0 rings (SSSR count). The minimum atomic E-state index is 0.679. The highest BCUT2D eigenvalue weighted by Crippen LogP contribution is 1.91. The van der Waals surface area contributed by atoms with Gasteiger partial charge in [-0.25, -0.2) is 0 Å². The molecule has 0 aliphatic rings. The van der Waals surface area contributed by atoms with E-state index in [1.807, 2.05) is 13.0 Å². The zero-order valence-electron chi connectivity index (χ0n) is 5.65. The van der Waals surface area contributed by atoms with Crippen LogP contribution in [0.3, 0.4) is 0 Å². The van der Waals surface area contributed by atoms with E-state index in [4.69, 9.17) is 5.84 Å². The van der Waals surface area contributed by atoms with Gasteiger partial charge < -0.3 is 5.43 Å². The maximum absolute atomic E-state index is 5.03. The minimum Gasteiger partial charge on any atom is -0.325 e. The molecule has 0 aromatic heterocycles. The number of allylic oxidation sites excluding steroid dienone is 3. The molecule has 0 atom stereocenters. The molecule has 0 aromatic carbocycles. The average Bonchev–Trinajstić information content (AvgIpc) is 1.83. The van der Waals surface area contributed by atoms with E-state index in [0.717, 1.165) is 5.57 Å². The molecule has 3 N–H and O–H groups in total. The van der Waals surface area contributed by atoms with Crippen molar-refractivity contribution in [2.24, 2.45) is 5.84 Å². The number of hydrazine groups is 1. The Labute approximate surface area is 55.7 Å². The molecule has 0 aliphatic heterocycles. The van der Waals surface area contributed by atoms with Gasteiger partial charge in [-0.05, 0) is 13.0 Å². The molecule has 0 saturated heterocycles. The second kappa shape index (κ2) is 3.92. The molecule has 0 fully saturated rings. The maximum Gasteiger partial charge on any atom is 0.0413 e. The lowest BCUT2D eigenvalue weighted by molar-refractivity contribution is 0.921. The molecular formula is C7H12N2. The molecule has 0 radical (unpaired) electrons. The van der Waals surface area contributed by atoms with Crippen LogP contribution in [0.25, 0.3) is 0 Å². The Morgan fingerprint density at radius 2 is 2.00 bits per heavy atom. The normalized spacial score (nSPS) is 9.56. The van der Waals surface area contributed by atoms with Crippen LogP contribution >= 0.6 is 0 Å². The second-order valence-electron chi connectivity index (χ2n) is 1.85. The SMILES string of the molecule is C=C(C)/C=C\C(=C)NN. The number of nitrogens with one attached hydrogen (secondary N) is 1. The van der Waals surface area contributed by atoms with Crippen molar-refractivity contribution >= 4 is 0 Å². The fraction of sp³-hybridized carbons (Fsp3) is 0.143. The van der Waals surface area contributed by atoms with Gasteiger partial charge in [-0.15, -0.1) is 0 Å². The van der Waals surface area contributed by atoms with Crippen LogP contribution in [0.1, 0.15) is 6.92 Å². The van der Waals surface area contributed by atoms with Crippen molar-refractivity contribution in [1.29, 1.82) is 0 Å². The van der Waals surface area contributed by atoms with Crippen LogP contribution in [0, 0.1) is 0 Å². The number of nitrogens with two attached hydrogens (primary N) is 1. The van der Waals surface area contributed by atoms with E-state index in [9.17, 15) is 0 Å². The maximum atomic E-state index is 5.03. The van der Waals surface area contributed by atoms with Crippen molar-refractivity contribution in [1.82, 2.24) is 5.43 Å². The first kappa shape index (κ1) is 7.98. The van der Waals surface area contributed by atoms with E-state index >= 15 is 0 Å². The molecule has 0 aromatic rings. The van der Waals surface area contributed by atoms with Crippen LogP contribution in [-0.4, -0.2) is 0 Å². The van der Waals surface area contributed by atoms with E-state index in [1.54, 1.807) is 6.08 Å². The Hall–Kier alpha value is -1.02. The number of rotatable bonds is 3. The topological polar surface area (TPSA) is 38.0 Å². The summed E-state index contributed by atoms with van der Waals surface area (Å²) in [7, 11) is 0. The summed E-state index contributed by atoms with van der Waals surface area (Å²) in [4.78, 5) is 0. The zero-order chi connectivity index (χ0) is 7.28. The van der Waals surface area contributed by atoms with Gasteiger partial charge in [0.2, 0.25) is 0 Å². The summed E-state index contributed by atoms with van der Waals surface area (Å²) in [5, 5.41) is 0. The highest BCUT2D eigenvalue weighted by Gasteiger charge is 1.77. The predicted molar refractivity (Wildman–Crippen MR) is 40.4 cm³/mol. The quantitative estimate of drug-likeness (QED) is 0.336. The van der Waals surface area contributed by atoms with Gasteiger partial charge in [-0.2, -0.15) is 0 Å². The lowest BCUT2D eigenvalue weighted by atomic mass is 10.3. The summed E-state index contributed by atoms with van der Waals surface area (Å²) in [6.45, 7) is 9.15. The van der Waals surface area contributed by atoms with Gasteiger partial charge >= 0.3 is 0 Å². The number of hydrogen-bond donors (Lipinski definition) is 2. The predicted octanol–water partition coefficient (Wildman–Crippen LogP) is 1.10. The Morgan fingerprint density at radius 3 is 2.33 bits per heavy atom. The van der Waals surface area contributed by atoms with Crippen LogP contribution in [-0.2, 0) is 0 Å². The van der Waals surface area contributed by atoms with Crippen molar-refractivity contribution in [3.63, 3.8) is 0 Å². The summed E-state index contributed by atoms with van der Waals surface area (Å²) in [5.74, 6) is 5.03. The monoisotopic (exact) mass is 124 g/mol. The first-order chi connectivity index (χ1) is 4.16. The van der Waals surface area contributed by atoms with Gasteiger partial charge in [0, 0.05) is 5.70 Å². The van der Waals surface area contributed by atoms with Crippen LogP contribution in [0.15, 0.2) is 36.6 Å². The van der Waals surface area contributed by atoms with Crippen molar-refractivity contribution in [2.75, 3.05) is 0 Å². The summed E-state index contributed by atoms with van der Waals surface area (Å²) >= 11 is 0. The molecule has 50 valence electrons. The minimum absolute atomic E-state index is 0.679. The fourth-order valence-electron chi connectivity index (χ4n) is 0.291. The van der Waals surface area contributed by atoms with E-state index in [2.05, 4.69) is 18.6 Å². The molecule has 0 amide bonds. The van der Waals surface area contributed by atoms with Crippen molar-refractivity contribution in [3.05, 3.63) is 36.6 Å². The fourth-order valence-corrected chi connectivity index (χ4v) is 0.291. The molecular weight excluding hydrogens is 112 g/mol. The Bertz CT molecular complexity index is 145. The molecule has 2 nitrogen and oxygen atoms in total. The largest absolute Gasteiger partial charge is 0.325 e. The van der Waals surface area contributed by atoms with E-state index in [-0.39, 0.29) is 0 Å². The van der Waals surface area contributed by atoms with E-state index in [0.29, 0.717) is 5.70 Å². The third-order valence-electron chi connectivity index (χ3n) is 0.754. The van der Waals surface area contributed by atoms with Gasteiger partial charge in [0.25, 0.3) is 0 Å². The molecule has 2 heteroatoms. The second-order valence-corrected chi connectivity index (χ2v) is 1.85. The molecule has 0 aliphatic carbocycles. The molecule has 9 heavy (non-hydrogen) atoms. The average molecular weight is 124 g/mol. The summed E-state index contributed by atoms with van der Waals surface area (Å²) in [5.41, 5.74) is 4.05. The van der Waals surface area contributed by atoms with Crippen molar-refractivity contribution < 1.29 is 0 Å². The van der Waals surface area contributed by atoms with Crippen molar-refractivity contribution in [2.45, 2.75) is 6.92 Å². The zero-order valence-corrected chi connectivity index (χ0v) is 5.65. The third kappa shape index (κ3) is 4.84. The van der Waals surface area contributed by atoms with Crippen molar-refractivity contribution in [3.8, 4) is 0 Å². The smallest absolute Gasteiger partial charge is 0.0413 e. The van der Waals surface area contributed by atoms with Gasteiger partial charge in [-0.1, -0.05) is 24.8 Å². The molecule has 0 unspecified atom stereocenters. The molecule has 0 saturated carbocycles. The Balaban J connectivity index is 3.71. The number of hydrogen-bond acceptors (Lipinski definition) is 2. The van der Waals surface area contributed by atoms with Gasteiger partial charge in [0.1, 0.15) is 0 Å². The van der Waals surface area contributed by atoms with Crippen LogP contribution in [0.5, 0.6) is 0 Å². The molecule has 0 heterocycles. The first-order valence-corrected chi connectivity index (χ1v) is 2.66. The Morgan fingerprint density at radius 1 is 1.44 bits per heavy atom. The standard InChI is InChI=1S/C7H12N2/c1-6(2)4-5-7(3)9-8/h4-5,9H,1,3,8H2,2H3/b5-4-. The molecule has 0 bridgehead atoms. The highest BCUT2D eigenvalue weighted by molar-refractivity contribution is 5.20. The van der Waals surface area contributed by atoms with Gasteiger partial charge in [0.05, 0.1) is 0 Å². The summed E-state index contributed by atoms with van der Waals surface area (Å²) in [6, 6.07) is 0. The lowest BCUT2D eigenvalue weighted by Gasteiger charge is -1.94. The summed E-state index contributed by atoms with van der Waals surface area (Å²) < 4.78 is 0. The van der Waals surface area contributed by atoms with Gasteiger partial charge in [0.15, 0.2) is 0 Å². The first-order valence-electron chi connectivity index (χ1n) is 2.66. The summed E-state index contributed by atoms with van der Waals surface area (Å²) in [6.07, 6.45) is 3.60. The highest BCUT2D eigenvalue weighted by atomic mass is 15.2. The van der Waals surface area contributed by atoms with E-state index in [1.165, 1.54) is 0 Å². The van der Waals surface area contributed by atoms with Crippen LogP contribution in [0.4, 0.5) is 0 Å².